The van der Waals surface area contributed by atoms with Gasteiger partial charge in [-0.15, -0.1) is 0 Å². The Labute approximate surface area is 83.4 Å². The van der Waals surface area contributed by atoms with E-state index in [1.807, 2.05) is 13.8 Å². The predicted molar refractivity (Wildman–Crippen MR) is 53.6 cm³/mol. The summed E-state index contributed by atoms with van der Waals surface area (Å²) in [5.41, 5.74) is 0. The largest absolute Gasteiger partial charge is 0.410 e. The average Bonchev–Trinajstić information content (AvgIpc) is 2.23. The molecule has 0 aliphatic carbocycles. The lowest BCUT2D eigenvalue weighted by Crippen LogP contribution is -2.19. The first-order valence-electron chi connectivity index (χ1n) is 3.40. The highest BCUT2D eigenvalue weighted by molar-refractivity contribution is 8.35. The van der Waals surface area contributed by atoms with Crippen LogP contribution in [0.3, 0.4) is 0 Å². The number of nitrogens with zero attached hydrogens (tertiary/aromatic N) is 2. The summed E-state index contributed by atoms with van der Waals surface area (Å²) in [6.07, 6.45) is 0.926. The number of thioether (sulfide) groups is 2. The third-order valence-electron chi connectivity index (χ3n) is 1.37. The Kier molecular flexibility index (Phi) is 2.87. The molecule has 0 aromatic heterocycles. The molecule has 13 heavy (non-hydrogen) atoms. The smallest absolute Gasteiger partial charge is 0.254 e. The molecule has 1 rings (SSSR count). The van der Waals surface area contributed by atoms with Crippen molar-refractivity contribution in [2.45, 2.75) is 18.6 Å². The topological polar surface area (TPSA) is 75.7 Å². The van der Waals surface area contributed by atoms with E-state index in [0.717, 1.165) is 18.0 Å². The van der Waals surface area contributed by atoms with Crippen molar-refractivity contribution in [3.05, 3.63) is 20.6 Å². The van der Waals surface area contributed by atoms with Crippen LogP contribution in [0.4, 0.5) is 0 Å². The minimum atomic E-state index is -0.508. The third-order valence-corrected chi connectivity index (χ3v) is 4.10. The van der Waals surface area contributed by atoms with Crippen molar-refractivity contribution < 1.29 is 10.1 Å². The maximum absolute atomic E-state index is 10.2. The van der Waals surface area contributed by atoms with Gasteiger partial charge in [-0.25, -0.2) is 0 Å². The molecule has 1 N–H and O–H groups in total. The van der Waals surface area contributed by atoms with Gasteiger partial charge in [-0.05, 0) is 13.8 Å². The highest BCUT2D eigenvalue weighted by atomic mass is 32.2. The van der Waals surface area contributed by atoms with E-state index >= 15 is 0 Å². The van der Waals surface area contributed by atoms with Crippen molar-refractivity contribution in [3.8, 4) is 0 Å². The van der Waals surface area contributed by atoms with Crippen molar-refractivity contribution in [1.82, 2.24) is 0 Å². The summed E-state index contributed by atoms with van der Waals surface area (Å²) in [5.74, 6) is 0. The van der Waals surface area contributed by atoms with E-state index in [1.165, 1.54) is 11.8 Å². The van der Waals surface area contributed by atoms with Crippen LogP contribution in [0, 0.1) is 10.1 Å². The molecule has 1 aliphatic heterocycles. The molecule has 1 saturated heterocycles. The van der Waals surface area contributed by atoms with Crippen LogP contribution in [-0.2, 0) is 0 Å². The zero-order valence-electron chi connectivity index (χ0n) is 7.05. The Morgan fingerprint density at radius 1 is 1.69 bits per heavy atom. The molecule has 1 heterocycles. The summed E-state index contributed by atoms with van der Waals surface area (Å²) >= 11 is 2.45. The second kappa shape index (κ2) is 3.59. The lowest BCUT2D eigenvalue weighted by atomic mass is 10.2. The number of rotatable bonds is 1. The van der Waals surface area contributed by atoms with Crippen LogP contribution in [0.2, 0.25) is 0 Å². The fourth-order valence-corrected chi connectivity index (χ4v) is 3.48. The summed E-state index contributed by atoms with van der Waals surface area (Å²) in [7, 11) is 0. The van der Waals surface area contributed by atoms with Gasteiger partial charge in [0, 0.05) is 0 Å². The molecule has 0 spiro atoms. The zero-order chi connectivity index (χ0) is 10.1. The van der Waals surface area contributed by atoms with E-state index in [2.05, 4.69) is 5.16 Å². The number of nitro groups is 1. The molecule has 1 fully saturated rings. The molecule has 0 radical (unpaired) electrons. The molecular weight excluding hydrogens is 212 g/mol. The SMILES string of the molecule is CC1(C)SC(=C[N+](=O)[O-])SC1=NO. The van der Waals surface area contributed by atoms with Gasteiger partial charge in [0.1, 0.15) is 9.28 Å². The van der Waals surface area contributed by atoms with Gasteiger partial charge in [0.25, 0.3) is 6.20 Å². The van der Waals surface area contributed by atoms with E-state index in [9.17, 15) is 10.1 Å². The molecule has 7 heteroatoms. The number of oxime groups is 1. The summed E-state index contributed by atoms with van der Waals surface area (Å²) in [6.45, 7) is 3.70. The van der Waals surface area contributed by atoms with E-state index in [4.69, 9.17) is 5.21 Å². The minimum absolute atomic E-state index is 0.374. The number of hydrogen-bond acceptors (Lipinski definition) is 6. The van der Waals surface area contributed by atoms with Crippen molar-refractivity contribution in [2.75, 3.05) is 0 Å². The van der Waals surface area contributed by atoms with Crippen molar-refractivity contribution in [2.24, 2.45) is 5.16 Å². The van der Waals surface area contributed by atoms with Crippen LogP contribution < -0.4 is 0 Å². The van der Waals surface area contributed by atoms with Crippen molar-refractivity contribution in [3.63, 3.8) is 0 Å². The standard InChI is InChI=1S/C6H8N2O3S2/c1-6(2)5(7-9)12-4(13-6)3-8(10)11/h3,9H,1-2H3. The highest BCUT2D eigenvalue weighted by Gasteiger charge is 2.38. The van der Waals surface area contributed by atoms with E-state index < -0.39 is 4.92 Å². The Hall–Kier alpha value is -0.690. The molecule has 0 atom stereocenters. The van der Waals surface area contributed by atoms with Crippen LogP contribution >= 0.6 is 23.5 Å². The van der Waals surface area contributed by atoms with Crippen LogP contribution in [0.1, 0.15) is 13.8 Å². The van der Waals surface area contributed by atoms with E-state index in [1.54, 1.807) is 0 Å². The first kappa shape index (κ1) is 10.4. The van der Waals surface area contributed by atoms with Crippen molar-refractivity contribution >= 4 is 28.6 Å². The second-order valence-electron chi connectivity index (χ2n) is 2.85. The van der Waals surface area contributed by atoms with Gasteiger partial charge in [-0.2, -0.15) is 0 Å². The Morgan fingerprint density at radius 3 is 2.69 bits per heavy atom. The van der Waals surface area contributed by atoms with Crippen LogP contribution in [-0.4, -0.2) is 19.9 Å². The molecule has 0 aromatic rings. The predicted octanol–water partition coefficient (Wildman–Crippen LogP) is 2.11. The minimum Gasteiger partial charge on any atom is -0.410 e. The average molecular weight is 220 g/mol. The zero-order valence-corrected chi connectivity index (χ0v) is 8.68. The quantitative estimate of drug-likeness (QED) is 0.416. The Bertz CT molecular complexity index is 298. The Morgan fingerprint density at radius 2 is 2.31 bits per heavy atom. The number of hydrogen-bond donors (Lipinski definition) is 1. The molecule has 1 aliphatic rings. The van der Waals surface area contributed by atoms with Crippen LogP contribution in [0.25, 0.3) is 0 Å². The molecule has 0 unspecified atom stereocenters. The fraction of sp³-hybridized carbons (Fsp3) is 0.500. The second-order valence-corrected chi connectivity index (χ2v) is 5.81. The van der Waals surface area contributed by atoms with Gasteiger partial charge in [0.15, 0.2) is 0 Å². The third kappa shape index (κ3) is 2.38. The molecular formula is C6H8N2O3S2. The van der Waals surface area contributed by atoms with E-state index in [-0.39, 0.29) is 4.75 Å². The van der Waals surface area contributed by atoms with Gasteiger partial charge >= 0.3 is 0 Å². The normalized spacial score (nSPS) is 26.9. The van der Waals surface area contributed by atoms with Crippen LogP contribution in [0.5, 0.6) is 0 Å². The Balaban J connectivity index is 2.88. The first-order valence-corrected chi connectivity index (χ1v) is 5.04. The van der Waals surface area contributed by atoms with Gasteiger partial charge in [-0.3, -0.25) is 10.1 Å². The molecule has 0 aromatic carbocycles. The monoisotopic (exact) mass is 220 g/mol. The van der Waals surface area contributed by atoms with Gasteiger partial charge in [0.05, 0.1) is 9.67 Å². The lowest BCUT2D eigenvalue weighted by Gasteiger charge is -2.12. The van der Waals surface area contributed by atoms with Crippen molar-refractivity contribution in [1.29, 1.82) is 0 Å². The van der Waals surface area contributed by atoms with Gasteiger partial charge in [-0.1, -0.05) is 28.7 Å². The van der Waals surface area contributed by atoms with Gasteiger partial charge < -0.3 is 5.21 Å². The summed E-state index contributed by atoms with van der Waals surface area (Å²) in [5, 5.41) is 22.4. The first-order chi connectivity index (χ1) is 5.95. The lowest BCUT2D eigenvalue weighted by molar-refractivity contribution is -0.402. The maximum atomic E-state index is 10.2. The van der Waals surface area contributed by atoms with Gasteiger partial charge in [0.2, 0.25) is 0 Å². The summed E-state index contributed by atoms with van der Waals surface area (Å²) < 4.78 is 0.171. The molecule has 0 saturated carbocycles. The summed E-state index contributed by atoms with van der Waals surface area (Å²) in [6, 6.07) is 0. The molecule has 5 nitrogen and oxygen atoms in total. The van der Waals surface area contributed by atoms with E-state index in [0.29, 0.717) is 9.28 Å². The molecule has 0 bridgehead atoms. The highest BCUT2D eigenvalue weighted by Crippen LogP contribution is 2.50. The maximum Gasteiger partial charge on any atom is 0.254 e. The molecule has 0 amide bonds. The van der Waals surface area contributed by atoms with Crippen LogP contribution in [0.15, 0.2) is 15.6 Å². The summed E-state index contributed by atoms with van der Waals surface area (Å²) in [4.78, 5) is 9.65. The molecule has 72 valence electrons. The fourth-order valence-electron chi connectivity index (χ4n) is 0.814.